The lowest BCUT2D eigenvalue weighted by molar-refractivity contribution is -0.145. The number of fused-ring (bicyclic) bond motifs is 1. The molecule has 0 amide bonds. The number of aromatic amines is 1. The Morgan fingerprint density at radius 3 is 2.61 bits per heavy atom. The molecule has 0 aliphatic heterocycles. The number of H-pyrrole nitrogens is 1. The molecule has 0 fully saturated rings. The number of unbranched alkanes of at least 4 members (excludes halogenated alkanes) is 6. The van der Waals surface area contributed by atoms with E-state index in [4.69, 9.17) is 20.3 Å². The normalized spacial score (nSPS) is 11.2. The lowest BCUT2D eigenvalue weighted by atomic mass is 10.1. The Morgan fingerprint density at radius 2 is 1.86 bits per heavy atom. The molecule has 0 spiro atoms. The number of nitrogens with two attached hydrogens (primary N) is 1. The lowest BCUT2D eigenvalue weighted by Gasteiger charge is -2.07. The molecule has 0 aromatic carbocycles. The number of nitrogens with zero attached hydrogens (tertiary/aromatic N) is 3. The highest BCUT2D eigenvalue weighted by molar-refractivity contribution is 5.70. The monoisotopic (exact) mass is 395 g/mol. The van der Waals surface area contributed by atoms with Gasteiger partial charge in [0.05, 0.1) is 12.9 Å². The van der Waals surface area contributed by atoms with Crippen LogP contribution in [0.3, 0.4) is 0 Å². The number of aliphatic hydroxyl groups excluding tert-OH is 1. The van der Waals surface area contributed by atoms with Gasteiger partial charge in [0.1, 0.15) is 13.3 Å². The summed E-state index contributed by atoms with van der Waals surface area (Å²) < 4.78 is 12.1. The van der Waals surface area contributed by atoms with Crippen LogP contribution in [-0.2, 0) is 21.0 Å². The summed E-state index contributed by atoms with van der Waals surface area (Å²) in [5.74, 6) is -0.212. The molecule has 0 radical (unpaired) electrons. The van der Waals surface area contributed by atoms with Crippen LogP contribution in [0.2, 0.25) is 0 Å². The van der Waals surface area contributed by atoms with Gasteiger partial charge in [-0.1, -0.05) is 32.1 Å². The molecule has 0 unspecified atom stereocenters. The summed E-state index contributed by atoms with van der Waals surface area (Å²) >= 11 is 0. The number of anilines is 1. The molecule has 28 heavy (non-hydrogen) atoms. The maximum atomic E-state index is 11.7. The van der Waals surface area contributed by atoms with E-state index in [1.165, 1.54) is 6.33 Å². The molecule has 0 aliphatic carbocycles. The minimum atomic E-state index is -0.402. The summed E-state index contributed by atoms with van der Waals surface area (Å²) in [7, 11) is 0. The smallest absolute Gasteiger partial charge is 0.305 e. The largest absolute Gasteiger partial charge is 0.463 e. The van der Waals surface area contributed by atoms with Crippen molar-refractivity contribution in [1.29, 1.82) is 0 Å². The molecular formula is C18H29N5O5. The molecule has 0 aliphatic rings. The molecule has 0 atom stereocenters. The lowest BCUT2D eigenvalue weighted by Crippen LogP contribution is -2.14. The fourth-order valence-electron chi connectivity index (χ4n) is 2.78. The van der Waals surface area contributed by atoms with Gasteiger partial charge in [-0.25, -0.2) is 4.98 Å². The van der Waals surface area contributed by atoms with Gasteiger partial charge in [0, 0.05) is 13.0 Å². The number of aliphatic hydroxyl groups is 1. The molecule has 2 heterocycles. The highest BCUT2D eigenvalue weighted by atomic mass is 16.6. The first-order valence-electron chi connectivity index (χ1n) is 9.66. The van der Waals surface area contributed by atoms with E-state index in [2.05, 4.69) is 15.0 Å². The number of rotatable bonds is 14. The van der Waals surface area contributed by atoms with Crippen molar-refractivity contribution in [1.82, 2.24) is 19.5 Å². The van der Waals surface area contributed by atoms with Crippen molar-refractivity contribution in [2.24, 2.45) is 0 Å². The average Bonchev–Trinajstić information content (AvgIpc) is 3.07. The third-order valence-electron chi connectivity index (χ3n) is 4.25. The van der Waals surface area contributed by atoms with Crippen LogP contribution in [0.15, 0.2) is 11.1 Å². The predicted molar refractivity (Wildman–Crippen MR) is 103 cm³/mol. The van der Waals surface area contributed by atoms with Crippen molar-refractivity contribution in [3.8, 4) is 0 Å². The topological polar surface area (TPSA) is 145 Å². The Hall–Kier alpha value is -2.46. The van der Waals surface area contributed by atoms with E-state index >= 15 is 0 Å². The molecule has 10 nitrogen and oxygen atoms in total. The van der Waals surface area contributed by atoms with Gasteiger partial charge < -0.3 is 20.3 Å². The maximum absolute atomic E-state index is 11.7. The minimum Gasteiger partial charge on any atom is -0.463 e. The van der Waals surface area contributed by atoms with Crippen molar-refractivity contribution in [2.45, 2.75) is 58.1 Å². The molecule has 156 valence electrons. The quantitative estimate of drug-likeness (QED) is 0.321. The SMILES string of the molecule is Nc1nc2c(ncn2COCCOC(=O)CCCCCCCCCO)c(=O)[nH]1. The zero-order valence-electron chi connectivity index (χ0n) is 16.1. The van der Waals surface area contributed by atoms with Crippen LogP contribution >= 0.6 is 0 Å². The number of imidazole rings is 1. The Labute approximate surface area is 163 Å². The van der Waals surface area contributed by atoms with Gasteiger partial charge in [-0.15, -0.1) is 0 Å². The zero-order valence-corrected chi connectivity index (χ0v) is 16.1. The molecule has 0 bridgehead atoms. The number of esters is 1. The summed E-state index contributed by atoms with van der Waals surface area (Å²) in [5.41, 5.74) is 5.67. The predicted octanol–water partition coefficient (Wildman–Crippen LogP) is 1.33. The second-order valence-electron chi connectivity index (χ2n) is 6.54. The molecular weight excluding hydrogens is 366 g/mol. The van der Waals surface area contributed by atoms with Crippen molar-refractivity contribution >= 4 is 23.1 Å². The van der Waals surface area contributed by atoms with E-state index in [9.17, 15) is 9.59 Å². The first kappa shape index (κ1) is 21.8. The number of ether oxygens (including phenoxy) is 2. The van der Waals surface area contributed by atoms with Crippen LogP contribution in [-0.4, -0.2) is 50.4 Å². The average molecular weight is 395 g/mol. The second-order valence-corrected chi connectivity index (χ2v) is 6.54. The first-order chi connectivity index (χ1) is 13.6. The van der Waals surface area contributed by atoms with Crippen LogP contribution in [0.4, 0.5) is 5.95 Å². The number of carbonyl (C=O) groups excluding carboxylic acids is 1. The van der Waals surface area contributed by atoms with Crippen molar-refractivity contribution in [2.75, 3.05) is 25.6 Å². The molecule has 2 rings (SSSR count). The first-order valence-corrected chi connectivity index (χ1v) is 9.66. The Morgan fingerprint density at radius 1 is 1.14 bits per heavy atom. The number of hydrogen-bond donors (Lipinski definition) is 3. The van der Waals surface area contributed by atoms with E-state index in [-0.39, 0.29) is 44.0 Å². The summed E-state index contributed by atoms with van der Waals surface area (Å²) in [5, 5.41) is 8.70. The molecule has 0 saturated carbocycles. The van der Waals surface area contributed by atoms with Gasteiger partial charge in [0.15, 0.2) is 11.2 Å². The summed E-state index contributed by atoms with van der Waals surface area (Å²) in [6.07, 6.45) is 8.99. The van der Waals surface area contributed by atoms with Gasteiger partial charge in [-0.05, 0) is 12.8 Å². The number of nitrogens with one attached hydrogen (secondary N) is 1. The van der Waals surface area contributed by atoms with E-state index in [1.807, 2.05) is 0 Å². The molecule has 2 aromatic rings. The van der Waals surface area contributed by atoms with Crippen molar-refractivity contribution < 1.29 is 19.4 Å². The van der Waals surface area contributed by atoms with E-state index in [0.717, 1.165) is 44.9 Å². The third kappa shape index (κ3) is 7.28. The van der Waals surface area contributed by atoms with Crippen LogP contribution in [0.25, 0.3) is 11.2 Å². The Balaban J connectivity index is 1.53. The fraction of sp³-hybridized carbons (Fsp3) is 0.667. The van der Waals surface area contributed by atoms with Gasteiger partial charge >= 0.3 is 5.97 Å². The maximum Gasteiger partial charge on any atom is 0.305 e. The van der Waals surface area contributed by atoms with E-state index in [1.54, 1.807) is 4.57 Å². The molecule has 4 N–H and O–H groups in total. The highest BCUT2D eigenvalue weighted by Gasteiger charge is 2.09. The number of nitrogen functional groups attached to an aromatic ring is 1. The van der Waals surface area contributed by atoms with Gasteiger partial charge in [-0.2, -0.15) is 4.98 Å². The summed E-state index contributed by atoms with van der Waals surface area (Å²) in [6.45, 7) is 0.789. The fourth-order valence-corrected chi connectivity index (χ4v) is 2.78. The van der Waals surface area contributed by atoms with Gasteiger partial charge in [0.25, 0.3) is 5.56 Å². The minimum absolute atomic E-state index is 0.0124. The molecule has 2 aromatic heterocycles. The Bertz CT molecular complexity index is 788. The second kappa shape index (κ2) is 12.1. The number of hydrogen-bond acceptors (Lipinski definition) is 8. The van der Waals surface area contributed by atoms with Gasteiger partial charge in [-0.3, -0.25) is 19.1 Å². The highest BCUT2D eigenvalue weighted by Crippen LogP contribution is 2.09. The standard InChI is InChI=1S/C18H29N5O5/c19-18-21-16-15(17(26)22-18)20-12-23(16)13-27-10-11-28-14(25)8-6-4-2-1-3-5-7-9-24/h12,24H,1-11,13H2,(H3,19,21,22,26). The van der Waals surface area contributed by atoms with Crippen LogP contribution < -0.4 is 11.3 Å². The van der Waals surface area contributed by atoms with Crippen molar-refractivity contribution in [3.63, 3.8) is 0 Å². The summed E-state index contributed by atoms with van der Waals surface area (Å²) in [4.78, 5) is 33.8. The van der Waals surface area contributed by atoms with E-state index < -0.39 is 5.56 Å². The van der Waals surface area contributed by atoms with Crippen LogP contribution in [0, 0.1) is 0 Å². The van der Waals surface area contributed by atoms with Crippen molar-refractivity contribution in [3.05, 3.63) is 16.7 Å². The Kier molecular flexibility index (Phi) is 9.43. The van der Waals surface area contributed by atoms with Crippen LogP contribution in [0.1, 0.15) is 51.4 Å². The summed E-state index contributed by atoms with van der Waals surface area (Å²) in [6, 6.07) is 0. The molecule has 10 heteroatoms. The van der Waals surface area contributed by atoms with Gasteiger partial charge in [0.2, 0.25) is 5.95 Å². The van der Waals surface area contributed by atoms with Crippen LogP contribution in [0.5, 0.6) is 0 Å². The zero-order chi connectivity index (χ0) is 20.2. The van der Waals surface area contributed by atoms with E-state index in [0.29, 0.717) is 12.1 Å². The molecule has 0 saturated heterocycles. The third-order valence-corrected chi connectivity index (χ3v) is 4.25. The number of carbonyl (C=O) groups is 1. The number of aromatic nitrogens is 4.